The lowest BCUT2D eigenvalue weighted by Crippen LogP contribution is -2.40. The van der Waals surface area contributed by atoms with E-state index in [1.165, 1.54) is 11.3 Å². The number of hydrogen-bond donors (Lipinski definition) is 1. The van der Waals surface area contributed by atoms with Crippen molar-refractivity contribution in [3.63, 3.8) is 0 Å². The molecule has 8 heteroatoms. The number of nitrogens with zero attached hydrogens (tertiary/aromatic N) is 1. The number of aromatic nitrogens is 1. The summed E-state index contributed by atoms with van der Waals surface area (Å²) in [7, 11) is -5.60. The van der Waals surface area contributed by atoms with Crippen molar-refractivity contribution >= 4 is 29.7 Å². The molecule has 0 aliphatic rings. The number of sulfonamides is 1. The topological polar surface area (TPSA) is 68.3 Å². The second kappa shape index (κ2) is 10.4. The summed E-state index contributed by atoms with van der Waals surface area (Å²) in [4.78, 5) is 6.08. The van der Waals surface area contributed by atoms with Gasteiger partial charge in [-0.15, -0.1) is 11.3 Å². The van der Waals surface area contributed by atoms with Gasteiger partial charge in [-0.1, -0.05) is 57.5 Å². The normalized spacial score (nSPS) is 14.7. The highest BCUT2D eigenvalue weighted by Crippen LogP contribution is 2.37. The SMILES string of the molecule is Cc1ccc(S(=O)(=O)N[C@@H](c2cccs2)[C@@H](C)c2cccc(CO[Si](C)(C)C(C)(C)C)n2)cc1. The van der Waals surface area contributed by atoms with Crippen molar-refractivity contribution in [2.75, 3.05) is 0 Å². The Labute approximate surface area is 209 Å². The van der Waals surface area contributed by atoms with Gasteiger partial charge in [-0.05, 0) is 60.8 Å². The van der Waals surface area contributed by atoms with Crippen molar-refractivity contribution in [1.29, 1.82) is 0 Å². The van der Waals surface area contributed by atoms with Crippen LogP contribution in [0.15, 0.2) is 64.9 Å². The first-order valence-electron chi connectivity index (χ1n) is 11.5. The molecule has 3 rings (SSSR count). The average molecular weight is 517 g/mol. The van der Waals surface area contributed by atoms with Crippen molar-refractivity contribution < 1.29 is 12.8 Å². The minimum absolute atomic E-state index is 0.121. The second-order valence-corrected chi connectivity index (χ2v) is 17.8. The van der Waals surface area contributed by atoms with Crippen molar-refractivity contribution in [2.24, 2.45) is 0 Å². The first-order chi connectivity index (χ1) is 15.8. The Bertz CT molecular complexity index is 1190. The lowest BCUT2D eigenvalue weighted by Gasteiger charge is -2.36. The van der Waals surface area contributed by atoms with Gasteiger partial charge in [0.1, 0.15) is 0 Å². The lowest BCUT2D eigenvalue weighted by molar-refractivity contribution is 0.271. The lowest BCUT2D eigenvalue weighted by atomic mass is 9.97. The molecule has 3 aromatic rings. The summed E-state index contributed by atoms with van der Waals surface area (Å²) in [5.41, 5.74) is 2.71. The van der Waals surface area contributed by atoms with Gasteiger partial charge >= 0.3 is 0 Å². The monoisotopic (exact) mass is 516 g/mol. The van der Waals surface area contributed by atoms with Crippen molar-refractivity contribution in [1.82, 2.24) is 9.71 Å². The smallest absolute Gasteiger partial charge is 0.241 e. The third-order valence-corrected chi connectivity index (χ3v) is 13.5. The molecule has 0 aliphatic heterocycles. The molecule has 5 nitrogen and oxygen atoms in total. The molecular weight excluding hydrogens is 481 g/mol. The molecular formula is C26H36N2O3S2Si. The van der Waals surface area contributed by atoms with E-state index in [1.807, 2.05) is 61.7 Å². The third kappa shape index (κ3) is 6.43. The van der Waals surface area contributed by atoms with Crippen molar-refractivity contribution in [3.05, 3.63) is 81.8 Å². The molecule has 2 aromatic heterocycles. The van der Waals surface area contributed by atoms with E-state index >= 15 is 0 Å². The van der Waals surface area contributed by atoms with Gasteiger partial charge < -0.3 is 4.43 Å². The second-order valence-electron chi connectivity index (χ2n) is 10.3. The maximum absolute atomic E-state index is 13.2. The zero-order valence-corrected chi connectivity index (χ0v) is 23.8. The predicted octanol–water partition coefficient (Wildman–Crippen LogP) is 6.80. The van der Waals surface area contributed by atoms with Gasteiger partial charge in [0, 0.05) is 16.5 Å². The molecule has 0 aliphatic carbocycles. The van der Waals surface area contributed by atoms with Crippen LogP contribution in [0.25, 0.3) is 0 Å². The van der Waals surface area contributed by atoms with Gasteiger partial charge in [0.15, 0.2) is 8.32 Å². The van der Waals surface area contributed by atoms with Crippen LogP contribution in [0.5, 0.6) is 0 Å². The summed E-state index contributed by atoms with van der Waals surface area (Å²) < 4.78 is 35.7. The van der Waals surface area contributed by atoms with E-state index in [0.29, 0.717) is 6.61 Å². The van der Waals surface area contributed by atoms with Crippen molar-refractivity contribution in [2.45, 2.75) is 76.2 Å². The molecule has 0 saturated carbocycles. The Hall–Kier alpha value is -1.84. The maximum Gasteiger partial charge on any atom is 0.241 e. The molecule has 34 heavy (non-hydrogen) atoms. The number of pyridine rings is 1. The van der Waals surface area contributed by atoms with E-state index in [4.69, 9.17) is 9.41 Å². The van der Waals surface area contributed by atoms with Crippen LogP contribution in [-0.2, 0) is 21.1 Å². The molecule has 0 fully saturated rings. The Morgan fingerprint density at radius 3 is 2.32 bits per heavy atom. The molecule has 2 heterocycles. The van der Waals surface area contributed by atoms with E-state index in [1.54, 1.807) is 12.1 Å². The first-order valence-corrected chi connectivity index (χ1v) is 16.8. The fraction of sp³-hybridized carbons (Fsp3) is 0.423. The molecule has 0 spiro atoms. The van der Waals surface area contributed by atoms with Crippen LogP contribution in [0, 0.1) is 6.92 Å². The standard InChI is InChI=1S/C26H36N2O3S2Si/c1-19-13-15-22(16-14-19)33(29,30)28-25(24-12-9-17-32-24)20(2)23-11-8-10-21(27-23)18-31-34(6,7)26(3,4)5/h8-17,20,25,28H,18H2,1-7H3/t20-,25+/m0/s1. The number of nitrogens with one attached hydrogen (secondary N) is 1. The van der Waals surface area contributed by atoms with Gasteiger partial charge in [0.05, 0.1) is 23.2 Å². The van der Waals surface area contributed by atoms with Gasteiger partial charge in [-0.2, -0.15) is 0 Å². The Kier molecular flexibility index (Phi) is 8.20. The average Bonchev–Trinajstić information content (AvgIpc) is 3.30. The summed E-state index contributed by atoms with van der Waals surface area (Å²) in [5, 5.41) is 2.09. The Morgan fingerprint density at radius 1 is 1.06 bits per heavy atom. The van der Waals surface area contributed by atoms with Crippen LogP contribution >= 0.6 is 11.3 Å². The van der Waals surface area contributed by atoms with Gasteiger partial charge in [0.25, 0.3) is 0 Å². The number of thiophene rings is 1. The largest absolute Gasteiger partial charge is 0.411 e. The zero-order chi connectivity index (χ0) is 25.1. The highest BCUT2D eigenvalue weighted by atomic mass is 32.2. The summed E-state index contributed by atoms with van der Waals surface area (Å²) in [6.07, 6.45) is 0. The highest BCUT2D eigenvalue weighted by Gasteiger charge is 2.37. The number of aryl methyl sites for hydroxylation is 1. The zero-order valence-electron chi connectivity index (χ0n) is 21.1. The summed E-state index contributed by atoms with van der Waals surface area (Å²) >= 11 is 1.54. The van der Waals surface area contributed by atoms with Crippen LogP contribution in [-0.4, -0.2) is 21.7 Å². The fourth-order valence-corrected chi connectivity index (χ4v) is 6.49. The molecule has 1 N–H and O–H groups in total. The van der Waals surface area contributed by atoms with E-state index < -0.39 is 24.4 Å². The molecule has 1 aromatic carbocycles. The molecule has 0 bridgehead atoms. The number of hydrogen-bond acceptors (Lipinski definition) is 5. The van der Waals surface area contributed by atoms with Gasteiger partial charge in [0.2, 0.25) is 10.0 Å². The minimum atomic E-state index is -3.70. The molecule has 184 valence electrons. The number of rotatable bonds is 9. The fourth-order valence-electron chi connectivity index (χ4n) is 3.30. The first kappa shape index (κ1) is 26.8. The third-order valence-electron chi connectivity index (χ3n) is 6.65. The van der Waals surface area contributed by atoms with Crippen LogP contribution in [0.2, 0.25) is 18.1 Å². The molecule has 0 saturated heterocycles. The van der Waals surface area contributed by atoms with E-state index in [2.05, 4.69) is 38.6 Å². The van der Waals surface area contributed by atoms with Crippen LogP contribution < -0.4 is 4.72 Å². The summed E-state index contributed by atoms with van der Waals surface area (Å²) in [5.74, 6) is -0.174. The van der Waals surface area contributed by atoms with Crippen LogP contribution in [0.1, 0.15) is 61.5 Å². The van der Waals surface area contributed by atoms with Crippen LogP contribution in [0.3, 0.4) is 0 Å². The van der Waals surface area contributed by atoms with Gasteiger partial charge in [-0.3, -0.25) is 4.98 Å². The molecule has 0 radical (unpaired) electrons. The minimum Gasteiger partial charge on any atom is -0.411 e. The molecule has 2 atom stereocenters. The van der Waals surface area contributed by atoms with E-state index in [-0.39, 0.29) is 15.9 Å². The van der Waals surface area contributed by atoms with Gasteiger partial charge in [-0.25, -0.2) is 13.1 Å². The van der Waals surface area contributed by atoms with E-state index in [0.717, 1.165) is 21.8 Å². The predicted molar refractivity (Wildman–Crippen MR) is 143 cm³/mol. The van der Waals surface area contributed by atoms with Crippen molar-refractivity contribution in [3.8, 4) is 0 Å². The van der Waals surface area contributed by atoms with E-state index in [9.17, 15) is 8.42 Å². The summed E-state index contributed by atoms with van der Waals surface area (Å²) in [6.45, 7) is 15.5. The molecule has 0 amide bonds. The maximum atomic E-state index is 13.2. The Balaban J connectivity index is 1.86. The Morgan fingerprint density at radius 2 is 1.74 bits per heavy atom. The number of benzene rings is 1. The van der Waals surface area contributed by atoms with Crippen LogP contribution in [0.4, 0.5) is 0 Å². The summed E-state index contributed by atoms with van der Waals surface area (Å²) in [6, 6.07) is 16.3. The quantitative estimate of drug-likeness (QED) is 0.318. The highest BCUT2D eigenvalue weighted by molar-refractivity contribution is 7.89. The molecule has 0 unspecified atom stereocenters.